The van der Waals surface area contributed by atoms with Crippen LogP contribution in [-0.2, 0) is 0 Å². The smallest absolute Gasteiger partial charge is 0.0510 e. The molecule has 0 aromatic carbocycles. The second-order valence-electron chi connectivity index (χ2n) is 4.32. The lowest BCUT2D eigenvalue weighted by Crippen LogP contribution is -2.35. The highest BCUT2D eigenvalue weighted by molar-refractivity contribution is 5.09. The first-order valence-electron chi connectivity index (χ1n) is 5.99. The van der Waals surface area contributed by atoms with Gasteiger partial charge in [-0.3, -0.25) is 4.90 Å². The molecule has 2 heterocycles. The van der Waals surface area contributed by atoms with Gasteiger partial charge in [-0.15, -0.1) is 0 Å². The summed E-state index contributed by atoms with van der Waals surface area (Å²) in [5, 5.41) is 0. The SMILES string of the molecule is NCCC(c1ccc[nH]1)N1CCCCC1. The lowest BCUT2D eigenvalue weighted by molar-refractivity contribution is 0.154. The summed E-state index contributed by atoms with van der Waals surface area (Å²) in [5.74, 6) is 0. The third kappa shape index (κ3) is 2.61. The predicted molar refractivity (Wildman–Crippen MR) is 62.6 cm³/mol. The Labute approximate surface area is 91.7 Å². The Morgan fingerprint density at radius 1 is 1.33 bits per heavy atom. The fourth-order valence-electron chi connectivity index (χ4n) is 2.47. The summed E-state index contributed by atoms with van der Waals surface area (Å²) in [6, 6.07) is 4.75. The molecule has 1 atom stereocenters. The first-order chi connectivity index (χ1) is 7.42. The molecule has 0 radical (unpaired) electrons. The number of nitrogens with two attached hydrogens (primary N) is 1. The highest BCUT2D eigenvalue weighted by atomic mass is 15.2. The molecule has 3 heteroatoms. The van der Waals surface area contributed by atoms with Crippen LogP contribution in [-0.4, -0.2) is 29.5 Å². The standard InChI is InChI=1S/C12H21N3/c13-7-6-12(11-5-4-8-14-11)15-9-2-1-3-10-15/h4-5,8,12,14H,1-3,6-7,9-10,13H2. The topological polar surface area (TPSA) is 45.1 Å². The van der Waals surface area contributed by atoms with Crippen LogP contribution in [0, 0.1) is 0 Å². The van der Waals surface area contributed by atoms with Crippen LogP contribution >= 0.6 is 0 Å². The van der Waals surface area contributed by atoms with Crippen molar-refractivity contribution in [1.82, 2.24) is 9.88 Å². The third-order valence-electron chi connectivity index (χ3n) is 3.25. The summed E-state index contributed by atoms with van der Waals surface area (Å²) in [6.07, 6.45) is 7.11. The molecule has 0 amide bonds. The minimum absolute atomic E-state index is 0.505. The van der Waals surface area contributed by atoms with Gasteiger partial charge in [-0.1, -0.05) is 6.42 Å². The minimum atomic E-state index is 0.505. The first kappa shape index (κ1) is 10.7. The van der Waals surface area contributed by atoms with E-state index in [2.05, 4.69) is 22.0 Å². The van der Waals surface area contributed by atoms with E-state index in [1.807, 2.05) is 6.20 Å². The number of piperidine rings is 1. The number of rotatable bonds is 4. The molecule has 2 rings (SSSR count). The molecule has 1 aliphatic heterocycles. The first-order valence-corrected chi connectivity index (χ1v) is 5.99. The average molecular weight is 207 g/mol. The quantitative estimate of drug-likeness (QED) is 0.792. The maximum Gasteiger partial charge on any atom is 0.0510 e. The molecule has 84 valence electrons. The van der Waals surface area contributed by atoms with Gasteiger partial charge in [-0.05, 0) is 51.0 Å². The molecule has 0 bridgehead atoms. The molecular formula is C12H21N3. The van der Waals surface area contributed by atoms with Gasteiger partial charge in [0.15, 0.2) is 0 Å². The van der Waals surface area contributed by atoms with Crippen LogP contribution in [0.15, 0.2) is 18.3 Å². The van der Waals surface area contributed by atoms with E-state index in [4.69, 9.17) is 5.73 Å². The van der Waals surface area contributed by atoms with E-state index in [1.165, 1.54) is 38.0 Å². The Bertz CT molecular complexity index is 262. The van der Waals surface area contributed by atoms with Crippen molar-refractivity contribution in [3.63, 3.8) is 0 Å². The fraction of sp³-hybridized carbons (Fsp3) is 0.667. The minimum Gasteiger partial charge on any atom is -0.364 e. The molecule has 1 aromatic heterocycles. The van der Waals surface area contributed by atoms with Crippen LogP contribution in [0.3, 0.4) is 0 Å². The Balaban J connectivity index is 2.04. The second-order valence-corrected chi connectivity index (χ2v) is 4.32. The van der Waals surface area contributed by atoms with E-state index in [-0.39, 0.29) is 0 Å². The Morgan fingerprint density at radius 3 is 2.73 bits per heavy atom. The van der Waals surface area contributed by atoms with Gasteiger partial charge in [0.05, 0.1) is 6.04 Å². The maximum absolute atomic E-state index is 5.70. The molecule has 1 saturated heterocycles. The molecule has 0 spiro atoms. The Morgan fingerprint density at radius 2 is 2.13 bits per heavy atom. The number of H-pyrrole nitrogens is 1. The summed E-state index contributed by atoms with van der Waals surface area (Å²) < 4.78 is 0. The second kappa shape index (κ2) is 5.33. The van der Waals surface area contributed by atoms with Crippen LogP contribution < -0.4 is 5.73 Å². The fourth-order valence-corrected chi connectivity index (χ4v) is 2.47. The molecule has 0 aliphatic carbocycles. The Hall–Kier alpha value is -0.800. The molecule has 1 fully saturated rings. The zero-order chi connectivity index (χ0) is 10.5. The van der Waals surface area contributed by atoms with E-state index in [0.29, 0.717) is 6.04 Å². The molecule has 3 N–H and O–H groups in total. The van der Waals surface area contributed by atoms with E-state index >= 15 is 0 Å². The van der Waals surface area contributed by atoms with Gasteiger partial charge < -0.3 is 10.7 Å². The van der Waals surface area contributed by atoms with Gasteiger partial charge in [0.2, 0.25) is 0 Å². The van der Waals surface area contributed by atoms with Gasteiger partial charge in [-0.2, -0.15) is 0 Å². The van der Waals surface area contributed by atoms with Crippen molar-refractivity contribution in [3.8, 4) is 0 Å². The van der Waals surface area contributed by atoms with E-state index in [1.54, 1.807) is 0 Å². The van der Waals surface area contributed by atoms with Crippen molar-refractivity contribution in [2.24, 2.45) is 5.73 Å². The normalized spacial score (nSPS) is 20.3. The number of hydrogen-bond acceptors (Lipinski definition) is 2. The number of nitrogens with zero attached hydrogens (tertiary/aromatic N) is 1. The van der Waals surface area contributed by atoms with Crippen molar-refractivity contribution in [3.05, 3.63) is 24.0 Å². The monoisotopic (exact) mass is 207 g/mol. The van der Waals surface area contributed by atoms with Gasteiger partial charge in [0.25, 0.3) is 0 Å². The lowest BCUT2D eigenvalue weighted by Gasteiger charge is -2.34. The lowest BCUT2D eigenvalue weighted by atomic mass is 10.0. The number of aromatic nitrogens is 1. The van der Waals surface area contributed by atoms with Gasteiger partial charge in [0, 0.05) is 11.9 Å². The van der Waals surface area contributed by atoms with Gasteiger partial charge in [0.1, 0.15) is 0 Å². The van der Waals surface area contributed by atoms with Crippen molar-refractivity contribution in [1.29, 1.82) is 0 Å². The zero-order valence-corrected chi connectivity index (χ0v) is 9.28. The summed E-state index contributed by atoms with van der Waals surface area (Å²) in [7, 11) is 0. The molecule has 3 nitrogen and oxygen atoms in total. The van der Waals surface area contributed by atoms with Crippen molar-refractivity contribution in [2.75, 3.05) is 19.6 Å². The number of hydrogen-bond donors (Lipinski definition) is 2. The summed E-state index contributed by atoms with van der Waals surface area (Å²) in [6.45, 7) is 3.22. The number of nitrogens with one attached hydrogen (secondary N) is 1. The van der Waals surface area contributed by atoms with E-state index in [0.717, 1.165) is 13.0 Å². The van der Waals surface area contributed by atoms with Crippen LogP contribution in [0.1, 0.15) is 37.4 Å². The maximum atomic E-state index is 5.70. The summed E-state index contributed by atoms with van der Waals surface area (Å²) >= 11 is 0. The summed E-state index contributed by atoms with van der Waals surface area (Å²) in [5.41, 5.74) is 7.02. The zero-order valence-electron chi connectivity index (χ0n) is 9.28. The van der Waals surface area contributed by atoms with Crippen molar-refractivity contribution >= 4 is 0 Å². The third-order valence-corrected chi connectivity index (χ3v) is 3.25. The molecule has 1 aliphatic rings. The Kier molecular flexibility index (Phi) is 3.80. The highest BCUT2D eigenvalue weighted by Crippen LogP contribution is 2.25. The van der Waals surface area contributed by atoms with E-state index < -0.39 is 0 Å². The van der Waals surface area contributed by atoms with Crippen molar-refractivity contribution < 1.29 is 0 Å². The van der Waals surface area contributed by atoms with Crippen LogP contribution in [0.5, 0.6) is 0 Å². The van der Waals surface area contributed by atoms with Gasteiger partial charge >= 0.3 is 0 Å². The number of aromatic amines is 1. The molecule has 1 unspecified atom stereocenters. The molecule has 0 saturated carbocycles. The van der Waals surface area contributed by atoms with Crippen molar-refractivity contribution in [2.45, 2.75) is 31.7 Å². The largest absolute Gasteiger partial charge is 0.364 e. The molecule has 1 aromatic rings. The summed E-state index contributed by atoms with van der Waals surface area (Å²) in [4.78, 5) is 5.89. The average Bonchev–Trinajstić information content (AvgIpc) is 2.80. The van der Waals surface area contributed by atoms with Gasteiger partial charge in [-0.25, -0.2) is 0 Å². The van der Waals surface area contributed by atoms with Crippen LogP contribution in [0.25, 0.3) is 0 Å². The van der Waals surface area contributed by atoms with Crippen LogP contribution in [0.2, 0.25) is 0 Å². The molecular weight excluding hydrogens is 186 g/mol. The van der Waals surface area contributed by atoms with E-state index in [9.17, 15) is 0 Å². The molecule has 15 heavy (non-hydrogen) atoms. The predicted octanol–water partition coefficient (Wildman–Crippen LogP) is 1.89. The number of likely N-dealkylation sites (tertiary alicyclic amines) is 1. The highest BCUT2D eigenvalue weighted by Gasteiger charge is 2.21. The van der Waals surface area contributed by atoms with Crippen LogP contribution in [0.4, 0.5) is 0 Å².